The van der Waals surface area contributed by atoms with E-state index in [1.807, 2.05) is 4.90 Å². The summed E-state index contributed by atoms with van der Waals surface area (Å²) in [5.74, 6) is 1.01. The van der Waals surface area contributed by atoms with Gasteiger partial charge in [-0.1, -0.05) is 6.58 Å². The van der Waals surface area contributed by atoms with Crippen molar-refractivity contribution in [2.45, 2.75) is 31.7 Å². The molecule has 1 unspecified atom stereocenters. The Bertz CT molecular complexity index is 273. The van der Waals surface area contributed by atoms with Crippen molar-refractivity contribution in [1.29, 1.82) is 0 Å². The SMILES string of the molecule is C=CC(=O)N1CCCC(N(C)CC2CC2)C1. The van der Waals surface area contributed by atoms with Crippen LogP contribution in [0.25, 0.3) is 0 Å². The first-order chi connectivity index (χ1) is 7.70. The first-order valence-corrected chi connectivity index (χ1v) is 6.32. The summed E-state index contributed by atoms with van der Waals surface area (Å²) in [4.78, 5) is 15.9. The molecule has 0 bridgehead atoms. The number of likely N-dealkylation sites (N-methyl/N-ethyl adjacent to an activating group) is 1. The molecule has 1 aliphatic heterocycles. The molecule has 2 aliphatic rings. The molecule has 1 heterocycles. The summed E-state index contributed by atoms with van der Waals surface area (Å²) in [6.07, 6.45) is 6.57. The minimum Gasteiger partial charge on any atom is -0.338 e. The predicted octanol–water partition coefficient (Wildman–Crippen LogP) is 1.51. The lowest BCUT2D eigenvalue weighted by Crippen LogP contribution is -2.48. The zero-order valence-corrected chi connectivity index (χ0v) is 10.2. The Morgan fingerprint density at radius 2 is 2.25 bits per heavy atom. The summed E-state index contributed by atoms with van der Waals surface area (Å²) < 4.78 is 0. The number of carbonyl (C=O) groups excluding carboxylic acids is 1. The molecule has 1 amide bonds. The van der Waals surface area contributed by atoms with Gasteiger partial charge >= 0.3 is 0 Å². The van der Waals surface area contributed by atoms with E-state index in [-0.39, 0.29) is 5.91 Å². The van der Waals surface area contributed by atoms with Crippen LogP contribution < -0.4 is 0 Å². The van der Waals surface area contributed by atoms with Crippen LogP contribution in [0.3, 0.4) is 0 Å². The smallest absolute Gasteiger partial charge is 0.246 e. The molecule has 3 nitrogen and oxygen atoms in total. The van der Waals surface area contributed by atoms with Crippen molar-refractivity contribution in [3.63, 3.8) is 0 Å². The standard InChI is InChI=1S/C13H22N2O/c1-3-13(16)15-8-4-5-12(10-15)14(2)9-11-6-7-11/h3,11-12H,1,4-10H2,2H3. The van der Waals surface area contributed by atoms with Gasteiger partial charge in [0.25, 0.3) is 0 Å². The summed E-state index contributed by atoms with van der Waals surface area (Å²) in [6.45, 7) is 6.55. The molecule has 3 heteroatoms. The lowest BCUT2D eigenvalue weighted by molar-refractivity contribution is -0.128. The van der Waals surface area contributed by atoms with E-state index in [0.29, 0.717) is 6.04 Å². The van der Waals surface area contributed by atoms with Crippen molar-refractivity contribution in [2.75, 3.05) is 26.7 Å². The monoisotopic (exact) mass is 222 g/mol. The second kappa shape index (κ2) is 5.00. The first-order valence-electron chi connectivity index (χ1n) is 6.32. The molecule has 0 aromatic rings. The Kier molecular flexibility index (Phi) is 3.64. The molecule has 1 atom stereocenters. The zero-order chi connectivity index (χ0) is 11.5. The fraction of sp³-hybridized carbons (Fsp3) is 0.769. The van der Waals surface area contributed by atoms with Crippen molar-refractivity contribution < 1.29 is 4.79 Å². The Hall–Kier alpha value is -0.830. The molecule has 0 N–H and O–H groups in total. The molecule has 0 spiro atoms. The molecule has 0 aromatic carbocycles. The highest BCUT2D eigenvalue weighted by Crippen LogP contribution is 2.30. The van der Waals surface area contributed by atoms with Crippen molar-refractivity contribution in [3.05, 3.63) is 12.7 Å². The van der Waals surface area contributed by atoms with Gasteiger partial charge in [-0.2, -0.15) is 0 Å². The van der Waals surface area contributed by atoms with Gasteiger partial charge in [-0.15, -0.1) is 0 Å². The zero-order valence-electron chi connectivity index (χ0n) is 10.2. The average Bonchev–Trinajstić information content (AvgIpc) is 3.12. The quantitative estimate of drug-likeness (QED) is 0.673. The van der Waals surface area contributed by atoms with Gasteiger partial charge in [0.2, 0.25) is 5.91 Å². The van der Waals surface area contributed by atoms with Gasteiger partial charge in [-0.25, -0.2) is 0 Å². The van der Waals surface area contributed by atoms with Gasteiger partial charge in [-0.05, 0) is 44.7 Å². The highest BCUT2D eigenvalue weighted by atomic mass is 16.2. The fourth-order valence-corrected chi connectivity index (χ4v) is 2.50. The average molecular weight is 222 g/mol. The van der Waals surface area contributed by atoms with E-state index in [0.717, 1.165) is 25.4 Å². The Morgan fingerprint density at radius 1 is 1.50 bits per heavy atom. The van der Waals surface area contributed by atoms with Crippen LogP contribution in [0.2, 0.25) is 0 Å². The topological polar surface area (TPSA) is 23.6 Å². The molecule has 0 aromatic heterocycles. The highest BCUT2D eigenvalue weighted by Gasteiger charge is 2.29. The van der Waals surface area contributed by atoms with Gasteiger partial charge in [-0.3, -0.25) is 4.79 Å². The predicted molar refractivity (Wildman–Crippen MR) is 65.2 cm³/mol. The second-order valence-corrected chi connectivity index (χ2v) is 5.17. The summed E-state index contributed by atoms with van der Waals surface area (Å²) >= 11 is 0. The number of carbonyl (C=O) groups is 1. The Balaban J connectivity index is 1.84. The molecule has 90 valence electrons. The lowest BCUT2D eigenvalue weighted by Gasteiger charge is -2.37. The van der Waals surface area contributed by atoms with Crippen LogP contribution in [0.1, 0.15) is 25.7 Å². The van der Waals surface area contributed by atoms with Gasteiger partial charge in [0.05, 0.1) is 0 Å². The summed E-state index contributed by atoms with van der Waals surface area (Å²) in [5, 5.41) is 0. The minimum absolute atomic E-state index is 0.0875. The van der Waals surface area contributed by atoms with E-state index >= 15 is 0 Å². The third kappa shape index (κ3) is 2.85. The second-order valence-electron chi connectivity index (χ2n) is 5.17. The number of nitrogens with zero attached hydrogens (tertiary/aromatic N) is 2. The van der Waals surface area contributed by atoms with Crippen LogP contribution in [0.15, 0.2) is 12.7 Å². The molecular formula is C13H22N2O. The summed E-state index contributed by atoms with van der Waals surface area (Å²) in [5.41, 5.74) is 0. The molecule has 0 radical (unpaired) electrons. The maximum atomic E-state index is 11.6. The van der Waals surface area contributed by atoms with Gasteiger partial charge in [0.15, 0.2) is 0 Å². The lowest BCUT2D eigenvalue weighted by atomic mass is 10.0. The number of piperidine rings is 1. The molecule has 1 saturated carbocycles. The maximum Gasteiger partial charge on any atom is 0.246 e. The molecule has 1 saturated heterocycles. The summed E-state index contributed by atoms with van der Waals surface area (Å²) in [6, 6.07) is 0.554. The van der Waals surface area contributed by atoms with Gasteiger partial charge < -0.3 is 9.80 Å². The van der Waals surface area contributed by atoms with Gasteiger partial charge in [0, 0.05) is 25.7 Å². The van der Waals surface area contributed by atoms with E-state index in [4.69, 9.17) is 0 Å². The summed E-state index contributed by atoms with van der Waals surface area (Å²) in [7, 11) is 2.20. The number of rotatable bonds is 4. The van der Waals surface area contributed by atoms with E-state index in [9.17, 15) is 4.79 Å². The molecule has 2 rings (SSSR count). The number of hydrogen-bond donors (Lipinski definition) is 0. The highest BCUT2D eigenvalue weighted by molar-refractivity contribution is 5.87. The van der Waals surface area contributed by atoms with Crippen LogP contribution >= 0.6 is 0 Å². The molecule has 2 fully saturated rings. The number of amides is 1. The molecule has 1 aliphatic carbocycles. The van der Waals surface area contributed by atoms with Crippen LogP contribution in [-0.4, -0.2) is 48.4 Å². The Morgan fingerprint density at radius 3 is 2.88 bits per heavy atom. The number of likely N-dealkylation sites (tertiary alicyclic amines) is 1. The minimum atomic E-state index is 0.0875. The van der Waals surface area contributed by atoms with Crippen LogP contribution in [0.4, 0.5) is 0 Å². The van der Waals surface area contributed by atoms with E-state index < -0.39 is 0 Å². The van der Waals surface area contributed by atoms with Crippen molar-refractivity contribution in [2.24, 2.45) is 5.92 Å². The first kappa shape index (κ1) is 11.6. The normalized spacial score (nSPS) is 25.9. The third-order valence-electron chi connectivity index (χ3n) is 3.75. The largest absolute Gasteiger partial charge is 0.338 e. The third-order valence-corrected chi connectivity index (χ3v) is 3.75. The van der Waals surface area contributed by atoms with E-state index in [2.05, 4.69) is 18.5 Å². The number of hydrogen-bond acceptors (Lipinski definition) is 2. The molecular weight excluding hydrogens is 200 g/mol. The molecule has 16 heavy (non-hydrogen) atoms. The van der Waals surface area contributed by atoms with Crippen LogP contribution in [0, 0.1) is 5.92 Å². The van der Waals surface area contributed by atoms with E-state index in [1.165, 1.54) is 31.9 Å². The Labute approximate surface area is 98.1 Å². The van der Waals surface area contributed by atoms with Crippen molar-refractivity contribution >= 4 is 5.91 Å². The van der Waals surface area contributed by atoms with Crippen molar-refractivity contribution in [1.82, 2.24) is 9.80 Å². The fourth-order valence-electron chi connectivity index (χ4n) is 2.50. The van der Waals surface area contributed by atoms with Crippen molar-refractivity contribution in [3.8, 4) is 0 Å². The van der Waals surface area contributed by atoms with Gasteiger partial charge in [0.1, 0.15) is 0 Å². The maximum absolute atomic E-state index is 11.6. The van der Waals surface area contributed by atoms with Crippen LogP contribution in [-0.2, 0) is 4.79 Å². The van der Waals surface area contributed by atoms with Crippen LogP contribution in [0.5, 0.6) is 0 Å². The van der Waals surface area contributed by atoms with E-state index in [1.54, 1.807) is 0 Å².